The molecule has 2 nitrogen and oxygen atoms in total. The standard InChI is InChI=1S/C11H13BrO2/c1-7-5-8-9(6-14-7)11(13-2)4-3-10(8)12/h3-4,7H,5-6H2,1-2H3/t7-/m0/s1. The molecule has 0 spiro atoms. The van der Waals surface area contributed by atoms with E-state index in [1.54, 1.807) is 7.11 Å². The number of methoxy groups -OCH3 is 1. The number of fused-ring (bicyclic) bond motifs is 1. The summed E-state index contributed by atoms with van der Waals surface area (Å²) < 4.78 is 12.1. The van der Waals surface area contributed by atoms with Crippen molar-refractivity contribution in [3.8, 4) is 5.75 Å². The van der Waals surface area contributed by atoms with Gasteiger partial charge in [0.2, 0.25) is 0 Å². The highest BCUT2D eigenvalue weighted by Crippen LogP contribution is 2.33. The minimum absolute atomic E-state index is 0.297. The summed E-state index contributed by atoms with van der Waals surface area (Å²) in [5.41, 5.74) is 2.50. The highest BCUT2D eigenvalue weighted by molar-refractivity contribution is 9.10. The van der Waals surface area contributed by atoms with Gasteiger partial charge < -0.3 is 9.47 Å². The van der Waals surface area contributed by atoms with Gasteiger partial charge in [-0.15, -0.1) is 0 Å². The third-order valence-corrected chi connectivity index (χ3v) is 3.30. The molecule has 1 atom stereocenters. The Labute approximate surface area is 92.3 Å². The van der Waals surface area contributed by atoms with Crippen molar-refractivity contribution >= 4 is 15.9 Å². The molecule has 1 aromatic carbocycles. The summed E-state index contributed by atoms with van der Waals surface area (Å²) in [7, 11) is 1.70. The van der Waals surface area contributed by atoms with Crippen LogP contribution in [0.1, 0.15) is 18.1 Å². The van der Waals surface area contributed by atoms with E-state index in [2.05, 4.69) is 22.9 Å². The van der Waals surface area contributed by atoms with E-state index in [0.717, 1.165) is 16.6 Å². The third kappa shape index (κ3) is 1.66. The van der Waals surface area contributed by atoms with Crippen molar-refractivity contribution in [1.82, 2.24) is 0 Å². The molecule has 0 saturated carbocycles. The number of rotatable bonds is 1. The molecule has 0 unspecified atom stereocenters. The summed E-state index contributed by atoms with van der Waals surface area (Å²) in [6.45, 7) is 2.74. The van der Waals surface area contributed by atoms with Gasteiger partial charge in [0.1, 0.15) is 5.75 Å². The first-order chi connectivity index (χ1) is 6.72. The first-order valence-corrected chi connectivity index (χ1v) is 5.47. The van der Waals surface area contributed by atoms with Gasteiger partial charge in [-0.05, 0) is 31.0 Å². The molecule has 1 heterocycles. The lowest BCUT2D eigenvalue weighted by atomic mass is 9.99. The Morgan fingerprint density at radius 2 is 2.21 bits per heavy atom. The second-order valence-electron chi connectivity index (χ2n) is 3.53. The van der Waals surface area contributed by atoms with E-state index in [1.807, 2.05) is 12.1 Å². The predicted octanol–water partition coefficient (Wildman–Crippen LogP) is 2.92. The number of benzene rings is 1. The molecule has 1 aromatic rings. The second-order valence-corrected chi connectivity index (χ2v) is 4.39. The van der Waals surface area contributed by atoms with E-state index in [1.165, 1.54) is 11.1 Å². The molecule has 1 aliphatic heterocycles. The Balaban J connectivity index is 2.49. The Hall–Kier alpha value is -0.540. The molecular weight excluding hydrogens is 244 g/mol. The zero-order valence-corrected chi connectivity index (χ0v) is 9.93. The van der Waals surface area contributed by atoms with Crippen LogP contribution in [0.5, 0.6) is 5.75 Å². The molecule has 0 saturated heterocycles. The molecule has 3 heteroatoms. The van der Waals surface area contributed by atoms with E-state index in [9.17, 15) is 0 Å². The molecule has 0 fully saturated rings. The first-order valence-electron chi connectivity index (χ1n) is 4.68. The fourth-order valence-corrected chi connectivity index (χ4v) is 2.32. The predicted molar refractivity (Wildman–Crippen MR) is 58.6 cm³/mol. The maximum atomic E-state index is 5.60. The zero-order valence-electron chi connectivity index (χ0n) is 8.34. The molecule has 0 bridgehead atoms. The molecule has 2 rings (SSSR count). The van der Waals surface area contributed by atoms with Gasteiger partial charge in [-0.3, -0.25) is 0 Å². The maximum absolute atomic E-state index is 5.60. The Morgan fingerprint density at radius 1 is 1.43 bits per heavy atom. The normalized spacial score (nSPS) is 20.4. The Kier molecular flexibility index (Phi) is 2.79. The fourth-order valence-electron chi connectivity index (χ4n) is 1.79. The summed E-state index contributed by atoms with van der Waals surface area (Å²) in [5.74, 6) is 0.926. The molecular formula is C11H13BrO2. The van der Waals surface area contributed by atoms with Crippen LogP contribution in [0.4, 0.5) is 0 Å². The van der Waals surface area contributed by atoms with Gasteiger partial charge >= 0.3 is 0 Å². The lowest BCUT2D eigenvalue weighted by molar-refractivity contribution is 0.0394. The van der Waals surface area contributed by atoms with Gasteiger partial charge in [0, 0.05) is 10.0 Å². The van der Waals surface area contributed by atoms with Crippen molar-refractivity contribution in [2.75, 3.05) is 7.11 Å². The fraction of sp³-hybridized carbons (Fsp3) is 0.455. The zero-order chi connectivity index (χ0) is 10.1. The van der Waals surface area contributed by atoms with Crippen LogP contribution in [0, 0.1) is 0 Å². The van der Waals surface area contributed by atoms with Crippen molar-refractivity contribution in [2.24, 2.45) is 0 Å². The minimum Gasteiger partial charge on any atom is -0.496 e. The quantitative estimate of drug-likeness (QED) is 0.770. The smallest absolute Gasteiger partial charge is 0.124 e. The average molecular weight is 257 g/mol. The van der Waals surface area contributed by atoms with Crippen LogP contribution in [0.3, 0.4) is 0 Å². The van der Waals surface area contributed by atoms with Gasteiger partial charge in [-0.25, -0.2) is 0 Å². The lowest BCUT2D eigenvalue weighted by Crippen LogP contribution is -2.20. The summed E-state index contributed by atoms with van der Waals surface area (Å²) in [6.07, 6.45) is 1.25. The van der Waals surface area contributed by atoms with Gasteiger partial charge in [0.25, 0.3) is 0 Å². The van der Waals surface area contributed by atoms with Crippen LogP contribution >= 0.6 is 15.9 Å². The van der Waals surface area contributed by atoms with Crippen LogP contribution < -0.4 is 4.74 Å². The number of ether oxygens (including phenoxy) is 2. The molecule has 14 heavy (non-hydrogen) atoms. The second kappa shape index (κ2) is 3.91. The average Bonchev–Trinajstić information content (AvgIpc) is 2.19. The van der Waals surface area contributed by atoms with Crippen molar-refractivity contribution in [3.05, 3.63) is 27.7 Å². The lowest BCUT2D eigenvalue weighted by Gasteiger charge is -2.25. The van der Waals surface area contributed by atoms with Crippen molar-refractivity contribution in [3.63, 3.8) is 0 Å². The molecule has 0 amide bonds. The monoisotopic (exact) mass is 256 g/mol. The number of hydrogen-bond acceptors (Lipinski definition) is 2. The molecule has 0 N–H and O–H groups in total. The van der Waals surface area contributed by atoms with Crippen LogP contribution in [-0.2, 0) is 17.8 Å². The van der Waals surface area contributed by atoms with Crippen molar-refractivity contribution < 1.29 is 9.47 Å². The van der Waals surface area contributed by atoms with E-state index in [-0.39, 0.29) is 0 Å². The van der Waals surface area contributed by atoms with Gasteiger partial charge in [-0.2, -0.15) is 0 Å². The van der Waals surface area contributed by atoms with E-state index in [4.69, 9.17) is 9.47 Å². The molecule has 0 radical (unpaired) electrons. The van der Waals surface area contributed by atoms with E-state index < -0.39 is 0 Å². The molecule has 0 aliphatic carbocycles. The number of halogens is 1. The Morgan fingerprint density at radius 3 is 2.93 bits per heavy atom. The Bertz CT molecular complexity index is 349. The van der Waals surface area contributed by atoms with Gasteiger partial charge in [0.15, 0.2) is 0 Å². The topological polar surface area (TPSA) is 18.5 Å². The van der Waals surface area contributed by atoms with Gasteiger partial charge in [0.05, 0.1) is 19.8 Å². The van der Waals surface area contributed by atoms with Crippen LogP contribution in [0.25, 0.3) is 0 Å². The summed E-state index contributed by atoms with van der Waals surface area (Å²) >= 11 is 3.56. The maximum Gasteiger partial charge on any atom is 0.124 e. The SMILES string of the molecule is COc1ccc(Br)c2c1CO[C@@H](C)C2. The van der Waals surface area contributed by atoms with Gasteiger partial charge in [-0.1, -0.05) is 15.9 Å². The summed E-state index contributed by atoms with van der Waals surface area (Å²) in [6, 6.07) is 4.01. The van der Waals surface area contributed by atoms with Crippen molar-refractivity contribution in [1.29, 1.82) is 0 Å². The van der Waals surface area contributed by atoms with Crippen LogP contribution in [0.2, 0.25) is 0 Å². The van der Waals surface area contributed by atoms with E-state index in [0.29, 0.717) is 12.7 Å². The minimum atomic E-state index is 0.297. The summed E-state index contributed by atoms with van der Waals surface area (Å²) in [4.78, 5) is 0. The van der Waals surface area contributed by atoms with Crippen LogP contribution in [0.15, 0.2) is 16.6 Å². The highest BCUT2D eigenvalue weighted by Gasteiger charge is 2.20. The number of hydrogen-bond donors (Lipinski definition) is 0. The molecule has 0 aromatic heterocycles. The molecule has 1 aliphatic rings. The van der Waals surface area contributed by atoms with Crippen molar-refractivity contribution in [2.45, 2.75) is 26.1 Å². The highest BCUT2D eigenvalue weighted by atomic mass is 79.9. The van der Waals surface area contributed by atoms with Crippen LogP contribution in [-0.4, -0.2) is 13.2 Å². The first kappa shape index (κ1) is 9.99. The third-order valence-electron chi connectivity index (χ3n) is 2.55. The molecule has 76 valence electrons. The van der Waals surface area contributed by atoms with E-state index >= 15 is 0 Å². The largest absolute Gasteiger partial charge is 0.496 e. The summed E-state index contributed by atoms with van der Waals surface area (Å²) in [5, 5.41) is 0.